The largest absolute Gasteiger partial charge is 0.459 e. The molecule has 0 radical (unpaired) electrons. The molecule has 1 aliphatic rings. The molecule has 0 bridgehead atoms. The molecule has 2 aromatic heterocycles. The van der Waals surface area contributed by atoms with Crippen molar-refractivity contribution in [1.82, 2.24) is 20.0 Å². The Morgan fingerprint density at radius 2 is 1.96 bits per heavy atom. The van der Waals surface area contributed by atoms with Gasteiger partial charge in [0.25, 0.3) is 5.91 Å². The minimum Gasteiger partial charge on any atom is -0.459 e. The normalized spacial score (nSPS) is 15.3. The lowest BCUT2D eigenvalue weighted by molar-refractivity contribution is 0.0588. The third-order valence-electron chi connectivity index (χ3n) is 4.48. The summed E-state index contributed by atoms with van der Waals surface area (Å²) in [6.07, 6.45) is 1.52. The summed E-state index contributed by atoms with van der Waals surface area (Å²) in [6.45, 7) is 5.44. The van der Waals surface area contributed by atoms with E-state index in [0.29, 0.717) is 37.2 Å². The fraction of sp³-hybridized carbons (Fsp3) is 0.316. The van der Waals surface area contributed by atoms with Gasteiger partial charge in [-0.2, -0.15) is 0 Å². The highest BCUT2D eigenvalue weighted by Gasteiger charge is 2.24. The molecule has 1 amide bonds. The molecule has 7 heteroatoms. The predicted molar refractivity (Wildman–Crippen MR) is 94.4 cm³/mol. The number of benzene rings is 1. The van der Waals surface area contributed by atoms with Gasteiger partial charge in [-0.25, -0.2) is 0 Å². The lowest BCUT2D eigenvalue weighted by atomic mass is 10.1. The van der Waals surface area contributed by atoms with Gasteiger partial charge in [-0.3, -0.25) is 9.69 Å². The number of nitrogens with zero attached hydrogens (tertiary/aromatic N) is 4. The van der Waals surface area contributed by atoms with Crippen molar-refractivity contribution in [3.05, 3.63) is 59.9 Å². The van der Waals surface area contributed by atoms with E-state index in [0.717, 1.165) is 24.2 Å². The topological polar surface area (TPSA) is 75.6 Å². The van der Waals surface area contributed by atoms with Crippen LogP contribution in [-0.2, 0) is 6.54 Å². The van der Waals surface area contributed by atoms with Gasteiger partial charge in [-0.15, -0.1) is 10.2 Å². The maximum absolute atomic E-state index is 12.3. The monoisotopic (exact) mass is 352 g/mol. The molecule has 7 nitrogen and oxygen atoms in total. The highest BCUT2D eigenvalue weighted by Crippen LogP contribution is 2.20. The number of aromatic nitrogens is 2. The lowest BCUT2D eigenvalue weighted by Crippen LogP contribution is -2.48. The highest BCUT2D eigenvalue weighted by atomic mass is 16.4. The van der Waals surface area contributed by atoms with Crippen molar-refractivity contribution in [2.75, 3.05) is 26.2 Å². The number of hydrogen-bond acceptors (Lipinski definition) is 6. The molecule has 0 atom stereocenters. The second-order valence-electron chi connectivity index (χ2n) is 6.42. The summed E-state index contributed by atoms with van der Waals surface area (Å²) < 4.78 is 11.0. The molecule has 1 saturated heterocycles. The summed E-state index contributed by atoms with van der Waals surface area (Å²) in [5, 5.41) is 8.31. The van der Waals surface area contributed by atoms with E-state index in [2.05, 4.69) is 15.1 Å². The van der Waals surface area contributed by atoms with Crippen LogP contribution in [0.3, 0.4) is 0 Å². The first-order valence-corrected chi connectivity index (χ1v) is 8.63. The number of rotatable bonds is 4. The van der Waals surface area contributed by atoms with Gasteiger partial charge in [0.1, 0.15) is 0 Å². The van der Waals surface area contributed by atoms with Crippen LogP contribution in [0.4, 0.5) is 0 Å². The maximum Gasteiger partial charge on any atom is 0.289 e. The Hall–Kier alpha value is -2.93. The zero-order chi connectivity index (χ0) is 17.9. The van der Waals surface area contributed by atoms with Gasteiger partial charge in [0.05, 0.1) is 12.8 Å². The van der Waals surface area contributed by atoms with E-state index in [1.807, 2.05) is 31.2 Å². The number of carbonyl (C=O) groups is 1. The first-order chi connectivity index (χ1) is 12.7. The van der Waals surface area contributed by atoms with Crippen LogP contribution in [-0.4, -0.2) is 52.1 Å². The van der Waals surface area contributed by atoms with Crippen molar-refractivity contribution < 1.29 is 13.6 Å². The van der Waals surface area contributed by atoms with E-state index >= 15 is 0 Å². The van der Waals surface area contributed by atoms with Crippen molar-refractivity contribution in [2.24, 2.45) is 0 Å². The molecule has 1 aromatic carbocycles. The zero-order valence-electron chi connectivity index (χ0n) is 14.6. The SMILES string of the molecule is Cc1cccc(-c2nnc(CN3CCN(C(=O)c4ccco4)CC3)o2)c1. The van der Waals surface area contributed by atoms with Crippen LogP contribution < -0.4 is 0 Å². The molecule has 0 unspecified atom stereocenters. The number of aryl methyl sites for hydroxylation is 1. The summed E-state index contributed by atoms with van der Waals surface area (Å²) in [5.41, 5.74) is 2.08. The van der Waals surface area contributed by atoms with E-state index in [-0.39, 0.29) is 5.91 Å². The quantitative estimate of drug-likeness (QED) is 0.718. The summed E-state index contributed by atoms with van der Waals surface area (Å²) >= 11 is 0. The molecule has 4 rings (SSSR count). The highest BCUT2D eigenvalue weighted by molar-refractivity contribution is 5.91. The fourth-order valence-corrected chi connectivity index (χ4v) is 3.07. The Labute approximate surface area is 151 Å². The van der Waals surface area contributed by atoms with Gasteiger partial charge in [-0.1, -0.05) is 17.7 Å². The van der Waals surface area contributed by atoms with E-state index in [9.17, 15) is 4.79 Å². The molecule has 134 valence electrons. The second-order valence-corrected chi connectivity index (χ2v) is 6.42. The summed E-state index contributed by atoms with van der Waals surface area (Å²) in [7, 11) is 0. The fourth-order valence-electron chi connectivity index (χ4n) is 3.07. The smallest absolute Gasteiger partial charge is 0.289 e. The van der Waals surface area contributed by atoms with Crippen LogP contribution >= 0.6 is 0 Å². The number of piperazine rings is 1. The van der Waals surface area contributed by atoms with Crippen molar-refractivity contribution >= 4 is 5.91 Å². The molecule has 1 fully saturated rings. The van der Waals surface area contributed by atoms with Crippen LogP contribution in [0.2, 0.25) is 0 Å². The molecular formula is C19H20N4O3. The van der Waals surface area contributed by atoms with Crippen molar-refractivity contribution in [1.29, 1.82) is 0 Å². The summed E-state index contributed by atoms with van der Waals surface area (Å²) in [4.78, 5) is 16.3. The van der Waals surface area contributed by atoms with Crippen LogP contribution in [0.1, 0.15) is 22.0 Å². The average Bonchev–Trinajstić information content (AvgIpc) is 3.34. The molecule has 0 aliphatic carbocycles. The predicted octanol–water partition coefficient (Wildman–Crippen LogP) is 2.60. The standard InChI is InChI=1S/C19H20N4O3/c1-14-4-2-5-15(12-14)18-21-20-17(26-18)13-22-7-9-23(10-8-22)19(24)16-6-3-11-25-16/h2-6,11-12H,7-10,13H2,1H3. The third kappa shape index (κ3) is 3.52. The first-order valence-electron chi connectivity index (χ1n) is 8.63. The molecule has 1 aliphatic heterocycles. The van der Waals surface area contributed by atoms with E-state index in [1.54, 1.807) is 17.0 Å². The van der Waals surface area contributed by atoms with Gasteiger partial charge in [0.15, 0.2) is 5.76 Å². The second kappa shape index (κ2) is 7.13. The third-order valence-corrected chi connectivity index (χ3v) is 4.48. The Bertz CT molecular complexity index is 880. The molecule has 0 spiro atoms. The molecule has 3 aromatic rings. The average molecular weight is 352 g/mol. The Kier molecular flexibility index (Phi) is 4.53. The van der Waals surface area contributed by atoms with Crippen molar-refractivity contribution in [3.8, 4) is 11.5 Å². The minimum absolute atomic E-state index is 0.0610. The lowest BCUT2D eigenvalue weighted by Gasteiger charge is -2.33. The van der Waals surface area contributed by atoms with E-state index in [1.165, 1.54) is 6.26 Å². The van der Waals surface area contributed by atoms with Gasteiger partial charge in [-0.05, 0) is 31.2 Å². The molecular weight excluding hydrogens is 332 g/mol. The summed E-state index contributed by atoms with van der Waals surface area (Å²) in [6, 6.07) is 11.4. The number of carbonyl (C=O) groups excluding carboxylic acids is 1. The summed E-state index contributed by atoms with van der Waals surface area (Å²) in [5.74, 6) is 1.45. The molecule has 0 N–H and O–H groups in total. The molecule has 0 saturated carbocycles. The number of hydrogen-bond donors (Lipinski definition) is 0. The van der Waals surface area contributed by atoms with Gasteiger partial charge >= 0.3 is 0 Å². The van der Waals surface area contributed by atoms with E-state index in [4.69, 9.17) is 8.83 Å². The minimum atomic E-state index is -0.0610. The Balaban J connectivity index is 1.34. The van der Waals surface area contributed by atoms with Gasteiger partial charge < -0.3 is 13.7 Å². The van der Waals surface area contributed by atoms with Crippen molar-refractivity contribution in [2.45, 2.75) is 13.5 Å². The van der Waals surface area contributed by atoms with Crippen molar-refractivity contribution in [3.63, 3.8) is 0 Å². The van der Waals surface area contributed by atoms with E-state index < -0.39 is 0 Å². The maximum atomic E-state index is 12.3. The molecule has 3 heterocycles. The van der Waals surface area contributed by atoms with Gasteiger partial charge in [0, 0.05) is 31.7 Å². The Morgan fingerprint density at radius 3 is 2.69 bits per heavy atom. The van der Waals surface area contributed by atoms with Crippen LogP contribution in [0.15, 0.2) is 51.5 Å². The van der Waals surface area contributed by atoms with Gasteiger partial charge in [0.2, 0.25) is 11.8 Å². The Morgan fingerprint density at radius 1 is 1.12 bits per heavy atom. The van der Waals surface area contributed by atoms with Crippen LogP contribution in [0.5, 0.6) is 0 Å². The zero-order valence-corrected chi connectivity index (χ0v) is 14.6. The number of amides is 1. The number of furan rings is 1. The first kappa shape index (κ1) is 16.5. The molecule has 26 heavy (non-hydrogen) atoms. The van der Waals surface area contributed by atoms with Crippen LogP contribution in [0, 0.1) is 6.92 Å². The van der Waals surface area contributed by atoms with Crippen LogP contribution in [0.25, 0.3) is 11.5 Å².